The van der Waals surface area contributed by atoms with Gasteiger partial charge in [-0.05, 0) is 61.4 Å². The van der Waals surface area contributed by atoms with Crippen LogP contribution in [0.1, 0.15) is 56.8 Å². The van der Waals surface area contributed by atoms with E-state index in [2.05, 4.69) is 15.5 Å². The van der Waals surface area contributed by atoms with Crippen molar-refractivity contribution in [1.82, 2.24) is 39.6 Å². The summed E-state index contributed by atoms with van der Waals surface area (Å²) < 4.78 is 3.65. The summed E-state index contributed by atoms with van der Waals surface area (Å²) in [5.74, 6) is -1.82. The number of carboxylic acids is 1. The normalized spacial score (nSPS) is 16.5. The number of aliphatic carboxylic acids is 1. The van der Waals surface area contributed by atoms with Crippen LogP contribution in [0.2, 0.25) is 0 Å². The molecule has 2 aromatic carbocycles. The van der Waals surface area contributed by atoms with Crippen molar-refractivity contribution in [1.29, 1.82) is 0 Å². The third-order valence-electron chi connectivity index (χ3n) is 9.36. The van der Waals surface area contributed by atoms with Crippen molar-refractivity contribution in [3.63, 3.8) is 0 Å². The average Bonchev–Trinajstić information content (AvgIpc) is 3.99. The zero-order valence-corrected chi connectivity index (χ0v) is 33.8. The minimum atomic E-state index is -0.892. The van der Waals surface area contributed by atoms with Crippen molar-refractivity contribution < 1.29 is 24.3 Å². The zero-order chi connectivity index (χ0) is 41.6. The third kappa shape index (κ3) is 13.1. The summed E-state index contributed by atoms with van der Waals surface area (Å²) in [7, 11) is 7.68. The number of amides is 3. The molecular formula is C42H56N10O5. The summed E-state index contributed by atoms with van der Waals surface area (Å²) in [6.07, 6.45) is 11.5. The van der Waals surface area contributed by atoms with E-state index in [0.29, 0.717) is 48.2 Å². The lowest BCUT2D eigenvalue weighted by Crippen LogP contribution is -2.27. The van der Waals surface area contributed by atoms with E-state index in [4.69, 9.17) is 16.6 Å². The van der Waals surface area contributed by atoms with Crippen molar-refractivity contribution in [2.75, 3.05) is 67.5 Å². The summed E-state index contributed by atoms with van der Waals surface area (Å²) in [5.41, 5.74) is 17.3. The largest absolute Gasteiger partial charge is 0.478 e. The first kappa shape index (κ1) is 43.8. The molecule has 15 heteroatoms. The van der Waals surface area contributed by atoms with Gasteiger partial charge in [-0.15, -0.1) is 0 Å². The van der Waals surface area contributed by atoms with Crippen LogP contribution < -0.4 is 16.8 Å². The van der Waals surface area contributed by atoms with Crippen LogP contribution in [0, 0.1) is 13.8 Å². The Hall–Kier alpha value is -5.90. The second-order valence-electron chi connectivity index (χ2n) is 14.7. The van der Waals surface area contributed by atoms with Gasteiger partial charge in [0.15, 0.2) is 0 Å². The van der Waals surface area contributed by atoms with Gasteiger partial charge in [-0.25, -0.2) is 4.79 Å². The smallest absolute Gasteiger partial charge is 0.328 e. The number of benzene rings is 2. The van der Waals surface area contributed by atoms with E-state index < -0.39 is 17.8 Å². The van der Waals surface area contributed by atoms with Gasteiger partial charge < -0.3 is 36.6 Å². The molecule has 3 amide bonds. The van der Waals surface area contributed by atoms with Gasteiger partial charge in [-0.1, -0.05) is 71.8 Å². The summed E-state index contributed by atoms with van der Waals surface area (Å²) >= 11 is 0. The Labute approximate surface area is 334 Å². The quantitative estimate of drug-likeness (QED) is 0.154. The number of rotatable bonds is 12. The van der Waals surface area contributed by atoms with Crippen LogP contribution in [0.25, 0.3) is 22.5 Å². The molecule has 2 unspecified atom stereocenters. The fourth-order valence-electron chi connectivity index (χ4n) is 6.22. The molecule has 2 aromatic heterocycles. The van der Waals surface area contributed by atoms with Crippen molar-refractivity contribution in [3.8, 4) is 22.5 Å². The molecule has 2 fully saturated rings. The first-order chi connectivity index (χ1) is 27.1. The predicted octanol–water partition coefficient (Wildman–Crippen LogP) is 3.53. The van der Waals surface area contributed by atoms with Crippen molar-refractivity contribution in [2.24, 2.45) is 11.5 Å². The maximum absolute atomic E-state index is 12.4. The van der Waals surface area contributed by atoms with Gasteiger partial charge in [0.05, 0.1) is 23.2 Å². The Morgan fingerprint density at radius 2 is 1.23 bits per heavy atom. The zero-order valence-electron chi connectivity index (χ0n) is 33.8. The van der Waals surface area contributed by atoms with Crippen molar-refractivity contribution in [3.05, 3.63) is 107 Å². The lowest BCUT2D eigenvalue weighted by molar-refractivity contribution is -0.131. The van der Waals surface area contributed by atoms with Crippen LogP contribution >= 0.6 is 0 Å². The molecule has 0 aliphatic carbocycles. The summed E-state index contributed by atoms with van der Waals surface area (Å²) in [6.45, 7) is 8.54. The van der Waals surface area contributed by atoms with Crippen LogP contribution in [0.15, 0.2) is 85.2 Å². The molecule has 2 atom stereocenters. The predicted molar refractivity (Wildman–Crippen MR) is 222 cm³/mol. The maximum Gasteiger partial charge on any atom is 0.328 e. The Morgan fingerprint density at radius 1 is 0.754 bits per heavy atom. The number of carbonyl (C=O) groups excluding carboxylic acids is 3. The number of nitrogens with zero attached hydrogens (tertiary/aromatic N) is 7. The highest BCUT2D eigenvalue weighted by Crippen LogP contribution is 2.28. The Bertz CT molecular complexity index is 2020. The van der Waals surface area contributed by atoms with Gasteiger partial charge in [-0.3, -0.25) is 23.7 Å². The molecule has 4 heterocycles. The minimum Gasteiger partial charge on any atom is -0.478 e. The van der Waals surface area contributed by atoms with Gasteiger partial charge in [0, 0.05) is 68.4 Å². The van der Waals surface area contributed by atoms with E-state index in [-0.39, 0.29) is 11.9 Å². The first-order valence-electron chi connectivity index (χ1n) is 18.9. The number of hydrogen-bond acceptors (Lipinski definition) is 9. The number of carboxylic acid groups (broad SMARTS) is 1. The Balaban J connectivity index is 0.000000215. The van der Waals surface area contributed by atoms with Gasteiger partial charge in [0.2, 0.25) is 5.91 Å². The molecular weight excluding hydrogens is 725 g/mol. The minimum absolute atomic E-state index is 0.00499. The second-order valence-corrected chi connectivity index (χ2v) is 14.7. The third-order valence-corrected chi connectivity index (χ3v) is 9.36. The van der Waals surface area contributed by atoms with Crippen LogP contribution in [-0.4, -0.2) is 131 Å². The van der Waals surface area contributed by atoms with E-state index in [1.165, 1.54) is 5.56 Å². The van der Waals surface area contributed by atoms with E-state index in [1.807, 2.05) is 116 Å². The molecule has 0 radical (unpaired) electrons. The number of nitrogens with one attached hydrogen (secondary N) is 1. The van der Waals surface area contributed by atoms with Crippen molar-refractivity contribution in [2.45, 2.75) is 38.8 Å². The van der Waals surface area contributed by atoms with Crippen LogP contribution in [0.4, 0.5) is 0 Å². The number of hydrogen-bond donors (Lipinski definition) is 4. The Morgan fingerprint density at radius 3 is 1.65 bits per heavy atom. The lowest BCUT2D eigenvalue weighted by atomic mass is 10.1. The number of primary amides is 2. The van der Waals surface area contributed by atoms with Gasteiger partial charge in [0.25, 0.3) is 11.8 Å². The fourth-order valence-corrected chi connectivity index (χ4v) is 6.22. The molecule has 15 nitrogen and oxygen atoms in total. The maximum atomic E-state index is 12.4. The van der Waals surface area contributed by atoms with Crippen LogP contribution in [-0.2, 0) is 9.59 Å². The topological polar surface area (TPSA) is 198 Å². The van der Waals surface area contributed by atoms with Crippen LogP contribution in [0.3, 0.4) is 0 Å². The van der Waals surface area contributed by atoms with Gasteiger partial charge in [-0.2, -0.15) is 10.2 Å². The SMILES string of the molecule is CN(C)C/C=C/C(=O)O.Cc1ccc(-c2nn(C3CCN(C(=O)/C=C/CN(C)C)C3)cc2C(N)=O)cc1.Cc1ccc(-c2nn(C3CCNC3)cc2C(N)=O)cc1. The molecule has 304 valence electrons. The number of likely N-dealkylation sites (tertiary alicyclic amines) is 1. The van der Waals surface area contributed by atoms with Gasteiger partial charge in [0.1, 0.15) is 11.4 Å². The van der Waals surface area contributed by atoms with Crippen LogP contribution in [0.5, 0.6) is 0 Å². The number of carbonyl (C=O) groups is 4. The summed E-state index contributed by atoms with van der Waals surface area (Å²) in [5, 5.41) is 20.7. The highest BCUT2D eigenvalue weighted by Gasteiger charge is 2.29. The van der Waals surface area contributed by atoms with E-state index >= 15 is 0 Å². The molecule has 0 saturated carbocycles. The second kappa shape index (κ2) is 20.9. The monoisotopic (exact) mass is 780 g/mol. The lowest BCUT2D eigenvalue weighted by Gasteiger charge is -2.15. The number of likely N-dealkylation sites (N-methyl/N-ethyl adjacent to an activating group) is 2. The first-order valence-corrected chi connectivity index (χ1v) is 18.9. The molecule has 4 aromatic rings. The van der Waals surface area contributed by atoms with Crippen molar-refractivity contribution >= 4 is 23.7 Å². The fraction of sp³-hybridized carbons (Fsp3) is 0.381. The standard InChI is InChI=1S/C21H27N5O2.C15H18N4O.C6H11NO2/c1-15-6-8-16(9-7-15)20-18(21(22)28)14-26(23-20)17-10-12-25(13-17)19(27)5-4-11-24(2)3;1-10-2-4-11(5-3-10)14-13(15(16)20)9-19(18-14)12-6-7-17-8-12;1-7(2)5-3-4-6(8)9/h4-9,14,17H,10-13H2,1-3H3,(H2,22,28);2-5,9,12,17H,6-8H2,1H3,(H2,16,20);3-4H,5H2,1-2H3,(H,8,9)/b5-4+;;4-3+. The number of aromatic nitrogens is 4. The highest BCUT2D eigenvalue weighted by molar-refractivity contribution is 5.99. The Kier molecular flexibility index (Phi) is 16.0. The van der Waals surface area contributed by atoms with E-state index in [9.17, 15) is 19.2 Å². The molecule has 2 saturated heterocycles. The summed E-state index contributed by atoms with van der Waals surface area (Å²) in [6, 6.07) is 16.1. The molecule has 0 bridgehead atoms. The highest BCUT2D eigenvalue weighted by atomic mass is 16.4. The van der Waals surface area contributed by atoms with E-state index in [1.54, 1.807) is 29.2 Å². The molecule has 6 rings (SSSR count). The number of nitrogens with two attached hydrogens (primary N) is 2. The van der Waals surface area contributed by atoms with E-state index in [0.717, 1.165) is 55.2 Å². The molecule has 2 aliphatic rings. The molecule has 57 heavy (non-hydrogen) atoms. The molecule has 2 aliphatic heterocycles. The molecule has 0 spiro atoms. The molecule has 6 N–H and O–H groups in total. The average molecular weight is 781 g/mol. The summed E-state index contributed by atoms with van der Waals surface area (Å²) in [4.78, 5) is 51.5. The number of aryl methyl sites for hydroxylation is 2. The van der Waals surface area contributed by atoms with Gasteiger partial charge >= 0.3 is 5.97 Å².